The topological polar surface area (TPSA) is 104 Å². The van der Waals surface area contributed by atoms with Crippen LogP contribution in [0, 0.1) is 0 Å². The number of nitrogens with one attached hydrogen (secondary N) is 2. The van der Waals surface area contributed by atoms with Crippen molar-refractivity contribution < 1.29 is 19.1 Å². The predicted molar refractivity (Wildman–Crippen MR) is 129 cm³/mol. The molecule has 180 valence electrons. The highest BCUT2D eigenvalue weighted by molar-refractivity contribution is 5.93. The van der Waals surface area contributed by atoms with Crippen molar-refractivity contribution in [2.24, 2.45) is 0 Å². The molecule has 1 aliphatic carbocycles. The maximum Gasteiger partial charge on any atom is 0.273 e. The quantitative estimate of drug-likeness (QED) is 0.368. The van der Waals surface area contributed by atoms with Gasteiger partial charge in [0.2, 0.25) is 12.3 Å². The van der Waals surface area contributed by atoms with Crippen molar-refractivity contribution in [2.75, 3.05) is 5.32 Å². The second-order valence-corrected chi connectivity index (χ2v) is 8.99. The van der Waals surface area contributed by atoms with E-state index in [1.807, 2.05) is 0 Å². The van der Waals surface area contributed by atoms with Gasteiger partial charge in [-0.3, -0.25) is 9.59 Å². The van der Waals surface area contributed by atoms with Gasteiger partial charge in [-0.05, 0) is 25.0 Å². The Balaban J connectivity index is 1.61. The van der Waals surface area contributed by atoms with Crippen LogP contribution < -0.4 is 10.6 Å². The summed E-state index contributed by atoms with van der Waals surface area (Å²) in [6.07, 6.45) is 19.0. The number of phenolic OH excluding ortho intramolecular Hbond substituents is 1. The first kappa shape index (κ1) is 24.8. The number of phenols is 1. The van der Waals surface area contributed by atoms with Gasteiger partial charge in [0.15, 0.2) is 11.4 Å². The third kappa shape index (κ3) is 7.91. The van der Waals surface area contributed by atoms with Crippen LogP contribution in [0.2, 0.25) is 0 Å². The van der Waals surface area contributed by atoms with Crippen LogP contribution in [0.3, 0.4) is 0 Å². The number of oxazole rings is 1. The number of para-hydroxylation sites is 1. The molecule has 0 saturated heterocycles. The largest absolute Gasteiger partial charge is 0.505 e. The van der Waals surface area contributed by atoms with Gasteiger partial charge in [-0.2, -0.15) is 0 Å². The molecule has 0 radical (unpaired) electrons. The molecule has 1 aromatic heterocycles. The van der Waals surface area contributed by atoms with E-state index in [-0.39, 0.29) is 35.0 Å². The standard InChI is InChI=1S/C26H37N3O4/c30-19-27-22-17-13-16-21(24(22)31)26-29-23(18-33-26)25(32)28-20-14-11-9-7-5-3-1-2-4-6-8-10-12-15-20/h13,16-20,31H,1-12,14-15H2,(H,27,30)(H,28,32). The summed E-state index contributed by atoms with van der Waals surface area (Å²) in [5.41, 5.74) is 0.756. The van der Waals surface area contributed by atoms with Crippen LogP contribution in [-0.4, -0.2) is 28.4 Å². The van der Waals surface area contributed by atoms with Crippen LogP contribution in [0.5, 0.6) is 5.75 Å². The van der Waals surface area contributed by atoms with Gasteiger partial charge in [0, 0.05) is 6.04 Å². The van der Waals surface area contributed by atoms with Gasteiger partial charge >= 0.3 is 0 Å². The number of rotatable bonds is 5. The molecule has 33 heavy (non-hydrogen) atoms. The Labute approximate surface area is 196 Å². The van der Waals surface area contributed by atoms with Crippen LogP contribution in [0.25, 0.3) is 11.5 Å². The first-order valence-electron chi connectivity index (χ1n) is 12.5. The first-order valence-corrected chi connectivity index (χ1v) is 12.5. The smallest absolute Gasteiger partial charge is 0.273 e. The molecule has 0 bridgehead atoms. The summed E-state index contributed by atoms with van der Waals surface area (Å²) in [5, 5.41) is 16.0. The lowest BCUT2D eigenvalue weighted by Gasteiger charge is -2.18. The summed E-state index contributed by atoms with van der Waals surface area (Å²) in [4.78, 5) is 27.9. The lowest BCUT2D eigenvalue weighted by atomic mass is 10.0. The molecular formula is C26H37N3O4. The van der Waals surface area contributed by atoms with E-state index >= 15 is 0 Å². The molecule has 1 heterocycles. The molecule has 3 rings (SSSR count). The molecule has 1 aromatic carbocycles. The summed E-state index contributed by atoms with van der Waals surface area (Å²) in [6, 6.07) is 5.00. The van der Waals surface area contributed by atoms with Crippen LogP contribution >= 0.6 is 0 Å². The minimum Gasteiger partial charge on any atom is -0.505 e. The number of carbonyl (C=O) groups is 2. The number of amides is 2. The Hall–Kier alpha value is -2.83. The Morgan fingerprint density at radius 3 is 2.09 bits per heavy atom. The zero-order chi connectivity index (χ0) is 23.3. The monoisotopic (exact) mass is 455 g/mol. The number of hydrogen-bond donors (Lipinski definition) is 3. The minimum atomic E-state index is -0.255. The van der Waals surface area contributed by atoms with Gasteiger partial charge in [0.05, 0.1) is 11.3 Å². The number of benzene rings is 1. The molecule has 2 aromatic rings. The van der Waals surface area contributed by atoms with E-state index < -0.39 is 0 Å². The van der Waals surface area contributed by atoms with Crippen molar-refractivity contribution in [3.8, 4) is 17.2 Å². The second kappa shape index (κ2) is 13.7. The molecule has 1 fully saturated rings. The number of nitrogens with zero attached hydrogens (tertiary/aromatic N) is 1. The Kier molecular flexibility index (Phi) is 10.3. The van der Waals surface area contributed by atoms with Crippen molar-refractivity contribution in [3.63, 3.8) is 0 Å². The van der Waals surface area contributed by atoms with Gasteiger partial charge in [0.1, 0.15) is 6.26 Å². The van der Waals surface area contributed by atoms with Crippen LogP contribution in [0.1, 0.15) is 100 Å². The molecule has 0 spiro atoms. The summed E-state index contributed by atoms with van der Waals surface area (Å²) >= 11 is 0. The molecule has 0 atom stereocenters. The van der Waals surface area contributed by atoms with Gasteiger partial charge in [-0.25, -0.2) is 4.98 Å². The van der Waals surface area contributed by atoms with E-state index in [0.717, 1.165) is 25.7 Å². The molecule has 0 unspecified atom stereocenters. The zero-order valence-corrected chi connectivity index (χ0v) is 19.5. The van der Waals surface area contributed by atoms with E-state index in [1.165, 1.54) is 70.5 Å². The predicted octanol–water partition coefficient (Wildman–Crippen LogP) is 6.19. The fourth-order valence-electron chi connectivity index (χ4n) is 4.50. The highest BCUT2D eigenvalue weighted by atomic mass is 16.3. The van der Waals surface area contributed by atoms with Crippen LogP contribution in [-0.2, 0) is 4.79 Å². The fraction of sp³-hybridized carbons (Fsp3) is 0.577. The maximum absolute atomic E-state index is 12.9. The van der Waals surface area contributed by atoms with Gasteiger partial charge in [-0.1, -0.05) is 83.1 Å². The normalized spacial score (nSPS) is 17.5. The number of anilines is 1. The summed E-state index contributed by atoms with van der Waals surface area (Å²) in [7, 11) is 0. The summed E-state index contributed by atoms with van der Waals surface area (Å²) in [5.74, 6) is -0.274. The molecular weight excluding hydrogens is 418 g/mol. The highest BCUT2D eigenvalue weighted by Crippen LogP contribution is 2.34. The van der Waals surface area contributed by atoms with Crippen molar-refractivity contribution >= 4 is 18.0 Å². The number of aromatic hydroxyl groups is 1. The molecule has 1 saturated carbocycles. The van der Waals surface area contributed by atoms with E-state index in [9.17, 15) is 14.7 Å². The van der Waals surface area contributed by atoms with Gasteiger partial charge < -0.3 is 20.2 Å². The van der Waals surface area contributed by atoms with E-state index in [2.05, 4.69) is 15.6 Å². The SMILES string of the molecule is O=CNc1cccc(-c2nc(C(=O)NC3CCCCCCCCCCCCCC3)co2)c1O. The second-order valence-electron chi connectivity index (χ2n) is 8.99. The third-order valence-electron chi connectivity index (χ3n) is 6.41. The molecule has 7 nitrogen and oxygen atoms in total. The highest BCUT2D eigenvalue weighted by Gasteiger charge is 2.20. The number of carbonyl (C=O) groups excluding carboxylic acids is 2. The Bertz CT molecular complexity index is 864. The van der Waals surface area contributed by atoms with E-state index in [1.54, 1.807) is 18.2 Å². The average Bonchev–Trinajstić information content (AvgIpc) is 3.30. The molecule has 7 heteroatoms. The lowest BCUT2D eigenvalue weighted by molar-refractivity contribution is -0.105. The first-order chi connectivity index (χ1) is 16.2. The Morgan fingerprint density at radius 2 is 1.52 bits per heavy atom. The van der Waals surface area contributed by atoms with E-state index in [4.69, 9.17) is 4.42 Å². The fourth-order valence-corrected chi connectivity index (χ4v) is 4.50. The zero-order valence-electron chi connectivity index (χ0n) is 19.5. The lowest BCUT2D eigenvalue weighted by Crippen LogP contribution is -2.35. The maximum atomic E-state index is 12.9. The molecule has 3 N–H and O–H groups in total. The van der Waals surface area contributed by atoms with Gasteiger partial charge in [0.25, 0.3) is 5.91 Å². The molecule has 0 aliphatic heterocycles. The molecule has 1 aliphatic rings. The van der Waals surface area contributed by atoms with Gasteiger partial charge in [-0.15, -0.1) is 0 Å². The minimum absolute atomic E-state index is 0.134. The average molecular weight is 456 g/mol. The van der Waals surface area contributed by atoms with Crippen LogP contribution in [0.4, 0.5) is 5.69 Å². The van der Waals surface area contributed by atoms with E-state index in [0.29, 0.717) is 12.0 Å². The number of aromatic nitrogens is 1. The van der Waals surface area contributed by atoms with Crippen LogP contribution in [0.15, 0.2) is 28.9 Å². The van der Waals surface area contributed by atoms with Crippen molar-refractivity contribution in [2.45, 2.75) is 95.9 Å². The van der Waals surface area contributed by atoms with Crippen molar-refractivity contribution in [1.82, 2.24) is 10.3 Å². The Morgan fingerprint density at radius 1 is 0.939 bits per heavy atom. The summed E-state index contributed by atoms with van der Waals surface area (Å²) in [6.45, 7) is 0. The van der Waals surface area contributed by atoms with Crippen molar-refractivity contribution in [1.29, 1.82) is 0 Å². The number of hydrogen-bond acceptors (Lipinski definition) is 5. The summed E-state index contributed by atoms with van der Waals surface area (Å²) < 4.78 is 5.48. The van der Waals surface area contributed by atoms with Crippen molar-refractivity contribution in [3.05, 3.63) is 30.2 Å². The molecule has 2 amide bonds. The third-order valence-corrected chi connectivity index (χ3v) is 6.41.